The zero-order chi connectivity index (χ0) is 17.7. The van der Waals surface area contributed by atoms with E-state index in [9.17, 15) is 14.9 Å². The van der Waals surface area contributed by atoms with E-state index in [1.807, 2.05) is 26.0 Å². The molecular formula is C17H18BrN3O2S. The summed E-state index contributed by atoms with van der Waals surface area (Å²) in [6.07, 6.45) is 0.315. The van der Waals surface area contributed by atoms with Gasteiger partial charge in [0.2, 0.25) is 11.8 Å². The summed E-state index contributed by atoms with van der Waals surface area (Å²) >= 11 is 4.53. The van der Waals surface area contributed by atoms with E-state index < -0.39 is 0 Å². The van der Waals surface area contributed by atoms with Gasteiger partial charge in [-0.05, 0) is 30.2 Å². The van der Waals surface area contributed by atoms with Crippen LogP contribution in [0.3, 0.4) is 0 Å². The molecule has 0 saturated carbocycles. The molecule has 7 heteroatoms. The molecule has 2 N–H and O–H groups in total. The van der Waals surface area contributed by atoms with Crippen LogP contribution in [0.5, 0.6) is 0 Å². The van der Waals surface area contributed by atoms with Crippen molar-refractivity contribution in [1.82, 2.24) is 5.32 Å². The molecule has 0 aromatic heterocycles. The minimum absolute atomic E-state index is 0.0965. The number of anilines is 1. The van der Waals surface area contributed by atoms with Crippen LogP contribution in [0.25, 0.3) is 0 Å². The fraction of sp³-hybridized carbons (Fsp3) is 0.353. The summed E-state index contributed by atoms with van der Waals surface area (Å²) in [5.74, 6) is -0.0722. The van der Waals surface area contributed by atoms with E-state index in [0.29, 0.717) is 22.7 Å². The third-order valence-electron chi connectivity index (χ3n) is 3.67. The molecule has 0 unspecified atom stereocenters. The van der Waals surface area contributed by atoms with Crippen LogP contribution in [0, 0.1) is 23.2 Å². The van der Waals surface area contributed by atoms with Gasteiger partial charge in [-0.1, -0.05) is 41.5 Å². The Balaban J connectivity index is 2.03. The lowest BCUT2D eigenvalue weighted by Crippen LogP contribution is -2.34. The van der Waals surface area contributed by atoms with Crippen LogP contribution in [-0.2, 0) is 9.59 Å². The molecule has 126 valence electrons. The Morgan fingerprint density at radius 3 is 2.71 bits per heavy atom. The maximum atomic E-state index is 12.1. The van der Waals surface area contributed by atoms with Gasteiger partial charge in [0, 0.05) is 22.5 Å². The maximum Gasteiger partial charge on any atom is 0.234 e. The van der Waals surface area contributed by atoms with Gasteiger partial charge in [0.15, 0.2) is 0 Å². The highest BCUT2D eigenvalue weighted by Gasteiger charge is 2.30. The van der Waals surface area contributed by atoms with Crippen LogP contribution < -0.4 is 10.6 Å². The molecule has 0 radical (unpaired) electrons. The molecule has 1 atom stereocenters. The molecule has 0 fully saturated rings. The van der Waals surface area contributed by atoms with Gasteiger partial charge in [0.05, 0.1) is 22.4 Å². The molecule has 5 nitrogen and oxygen atoms in total. The third-order valence-corrected chi connectivity index (χ3v) is 5.22. The van der Waals surface area contributed by atoms with E-state index in [1.165, 1.54) is 11.8 Å². The topological polar surface area (TPSA) is 82.0 Å². The number of hydrogen-bond acceptors (Lipinski definition) is 4. The summed E-state index contributed by atoms with van der Waals surface area (Å²) in [6, 6.07) is 9.47. The van der Waals surface area contributed by atoms with E-state index in [1.54, 1.807) is 12.1 Å². The molecule has 0 saturated heterocycles. The number of nitriles is 1. The number of rotatable bonds is 5. The second kappa shape index (κ2) is 8.36. The number of benzene rings is 1. The number of hydrogen-bond donors (Lipinski definition) is 2. The number of nitrogens with zero attached hydrogens (tertiary/aromatic N) is 1. The summed E-state index contributed by atoms with van der Waals surface area (Å²) in [5, 5.41) is 15.4. The Morgan fingerprint density at radius 2 is 2.12 bits per heavy atom. The van der Waals surface area contributed by atoms with Crippen LogP contribution in [0.1, 0.15) is 20.3 Å². The van der Waals surface area contributed by atoms with Crippen molar-refractivity contribution in [2.45, 2.75) is 20.3 Å². The number of carbonyl (C=O) groups excluding carboxylic acids is 2. The quantitative estimate of drug-likeness (QED) is 0.779. The second-order valence-corrected chi connectivity index (χ2v) is 7.70. The highest BCUT2D eigenvalue weighted by Crippen LogP contribution is 2.33. The first kappa shape index (κ1) is 18.6. The zero-order valence-corrected chi connectivity index (χ0v) is 15.8. The standard InChI is InChI=1S/C17H18BrN3O2S/c1-10(2)13-7-15(22)21-17(14(13)8-19)24-9-16(23)20-12-5-3-11(18)4-6-12/h3-6,10,13H,7,9H2,1-2H3,(H,20,23)(H,21,22)/t13-/m1/s1. The second-order valence-electron chi connectivity index (χ2n) is 5.80. The Hall–Kier alpha value is -1.78. The maximum absolute atomic E-state index is 12.1. The van der Waals surface area contributed by atoms with Gasteiger partial charge in [-0.15, -0.1) is 0 Å². The van der Waals surface area contributed by atoms with Gasteiger partial charge in [-0.3, -0.25) is 9.59 Å². The van der Waals surface area contributed by atoms with Gasteiger partial charge in [0.25, 0.3) is 0 Å². The summed E-state index contributed by atoms with van der Waals surface area (Å²) in [5.41, 5.74) is 1.26. The summed E-state index contributed by atoms with van der Waals surface area (Å²) in [6.45, 7) is 3.98. The highest BCUT2D eigenvalue weighted by atomic mass is 79.9. The lowest BCUT2D eigenvalue weighted by molar-refractivity contribution is -0.121. The van der Waals surface area contributed by atoms with E-state index in [-0.39, 0.29) is 29.4 Å². The first-order chi connectivity index (χ1) is 11.4. The minimum Gasteiger partial charge on any atom is -0.325 e. The van der Waals surface area contributed by atoms with Crippen LogP contribution in [0.2, 0.25) is 0 Å². The van der Waals surface area contributed by atoms with Crippen molar-refractivity contribution < 1.29 is 9.59 Å². The predicted molar refractivity (Wildman–Crippen MR) is 99.0 cm³/mol. The van der Waals surface area contributed by atoms with Crippen molar-refractivity contribution in [3.8, 4) is 6.07 Å². The van der Waals surface area contributed by atoms with Crippen molar-refractivity contribution in [3.63, 3.8) is 0 Å². The largest absolute Gasteiger partial charge is 0.325 e. The monoisotopic (exact) mass is 407 g/mol. The summed E-state index contributed by atoms with van der Waals surface area (Å²) in [4.78, 5) is 23.9. The molecule has 1 heterocycles. The molecule has 24 heavy (non-hydrogen) atoms. The average Bonchev–Trinajstić information content (AvgIpc) is 2.54. The smallest absolute Gasteiger partial charge is 0.234 e. The lowest BCUT2D eigenvalue weighted by atomic mass is 9.84. The molecule has 2 rings (SSSR count). The molecule has 1 aromatic carbocycles. The number of halogens is 1. The van der Waals surface area contributed by atoms with E-state index in [2.05, 4.69) is 32.6 Å². The Bertz CT molecular complexity index is 708. The first-order valence-corrected chi connectivity index (χ1v) is 9.31. The van der Waals surface area contributed by atoms with Crippen molar-refractivity contribution in [3.05, 3.63) is 39.3 Å². The van der Waals surface area contributed by atoms with Gasteiger partial charge in [-0.25, -0.2) is 0 Å². The van der Waals surface area contributed by atoms with E-state index in [0.717, 1.165) is 4.47 Å². The van der Waals surface area contributed by atoms with Crippen LogP contribution in [0.15, 0.2) is 39.3 Å². The fourth-order valence-electron chi connectivity index (χ4n) is 2.40. The van der Waals surface area contributed by atoms with Gasteiger partial charge >= 0.3 is 0 Å². The molecule has 0 spiro atoms. The molecular weight excluding hydrogens is 390 g/mol. The van der Waals surface area contributed by atoms with E-state index >= 15 is 0 Å². The normalized spacial score (nSPS) is 17.5. The molecule has 0 aliphatic carbocycles. The van der Waals surface area contributed by atoms with Gasteiger partial charge in [0.1, 0.15) is 0 Å². The van der Waals surface area contributed by atoms with Crippen LogP contribution in [-0.4, -0.2) is 17.6 Å². The Labute approximate surface area is 154 Å². The number of amides is 2. The Kier molecular flexibility index (Phi) is 6.46. The lowest BCUT2D eigenvalue weighted by Gasteiger charge is -2.27. The average molecular weight is 408 g/mol. The Morgan fingerprint density at radius 1 is 1.46 bits per heavy atom. The first-order valence-electron chi connectivity index (χ1n) is 7.53. The van der Waals surface area contributed by atoms with Crippen LogP contribution in [0.4, 0.5) is 5.69 Å². The fourth-order valence-corrected chi connectivity index (χ4v) is 3.55. The predicted octanol–water partition coefficient (Wildman–Crippen LogP) is 3.65. The summed E-state index contributed by atoms with van der Waals surface area (Å²) in [7, 11) is 0. The van der Waals surface area contributed by atoms with Crippen molar-refractivity contribution in [2.24, 2.45) is 11.8 Å². The van der Waals surface area contributed by atoms with Crippen molar-refractivity contribution >= 4 is 45.2 Å². The molecule has 0 bridgehead atoms. The SMILES string of the molecule is CC(C)[C@H]1CC(=O)NC(SCC(=O)Nc2ccc(Br)cc2)=C1C#N. The zero-order valence-electron chi connectivity index (χ0n) is 13.4. The molecule has 1 aliphatic rings. The molecule has 2 amide bonds. The molecule has 1 aliphatic heterocycles. The molecule has 1 aromatic rings. The number of thioether (sulfide) groups is 1. The number of carbonyl (C=O) groups is 2. The number of nitrogens with one attached hydrogen (secondary N) is 2. The number of allylic oxidation sites excluding steroid dienone is 1. The summed E-state index contributed by atoms with van der Waals surface area (Å²) < 4.78 is 0.934. The minimum atomic E-state index is -0.187. The third kappa shape index (κ3) is 4.86. The van der Waals surface area contributed by atoms with E-state index in [4.69, 9.17) is 0 Å². The van der Waals surface area contributed by atoms with Crippen molar-refractivity contribution in [1.29, 1.82) is 5.26 Å². The highest BCUT2D eigenvalue weighted by molar-refractivity contribution is 9.10. The van der Waals surface area contributed by atoms with Crippen molar-refractivity contribution in [2.75, 3.05) is 11.1 Å². The van der Waals surface area contributed by atoms with Crippen LogP contribution >= 0.6 is 27.7 Å². The van der Waals surface area contributed by atoms with Gasteiger partial charge in [-0.2, -0.15) is 5.26 Å². The van der Waals surface area contributed by atoms with Gasteiger partial charge < -0.3 is 10.6 Å².